The highest BCUT2D eigenvalue weighted by atomic mass is 32.1. The highest BCUT2D eigenvalue weighted by Gasteiger charge is 2.24. The maximum absolute atomic E-state index is 5.49. The lowest BCUT2D eigenvalue weighted by Crippen LogP contribution is -2.39. The number of nitrogens with zero attached hydrogens (tertiary/aromatic N) is 2. The highest BCUT2D eigenvalue weighted by molar-refractivity contribution is 7.09. The van der Waals surface area contributed by atoms with Gasteiger partial charge in [0.05, 0.1) is 19.3 Å². The Kier molecular flexibility index (Phi) is 6.17. The molecule has 2 aromatic rings. The van der Waals surface area contributed by atoms with E-state index in [0.717, 1.165) is 37.9 Å². The van der Waals surface area contributed by atoms with Crippen LogP contribution >= 0.6 is 11.3 Å². The first-order chi connectivity index (χ1) is 12.3. The first-order valence-corrected chi connectivity index (χ1v) is 9.53. The molecule has 0 saturated carbocycles. The third kappa shape index (κ3) is 4.66. The molecule has 25 heavy (non-hydrogen) atoms. The SMILES string of the molecule is CN=C(NCc1cccs1)NCC1CCN(c2ccccc2OC)C1. The zero-order valence-corrected chi connectivity index (χ0v) is 15.7. The van der Waals surface area contributed by atoms with Crippen LogP contribution in [0.5, 0.6) is 5.75 Å². The fourth-order valence-electron chi connectivity index (χ4n) is 3.15. The van der Waals surface area contributed by atoms with Crippen molar-refractivity contribution in [3.63, 3.8) is 0 Å². The van der Waals surface area contributed by atoms with Crippen LogP contribution in [0, 0.1) is 5.92 Å². The summed E-state index contributed by atoms with van der Waals surface area (Å²) in [5.41, 5.74) is 1.19. The zero-order chi connectivity index (χ0) is 17.5. The lowest BCUT2D eigenvalue weighted by atomic mass is 10.1. The minimum Gasteiger partial charge on any atom is -0.495 e. The van der Waals surface area contributed by atoms with Gasteiger partial charge in [0, 0.05) is 31.6 Å². The van der Waals surface area contributed by atoms with Crippen molar-refractivity contribution >= 4 is 23.0 Å². The number of benzene rings is 1. The number of ether oxygens (including phenoxy) is 1. The molecule has 0 bridgehead atoms. The van der Waals surface area contributed by atoms with Gasteiger partial charge in [-0.2, -0.15) is 0 Å². The van der Waals surface area contributed by atoms with E-state index in [9.17, 15) is 0 Å². The average molecular weight is 359 g/mol. The van der Waals surface area contributed by atoms with Crippen molar-refractivity contribution in [1.82, 2.24) is 10.6 Å². The second-order valence-corrected chi connectivity index (χ2v) is 7.19. The molecule has 2 heterocycles. The molecule has 0 aliphatic carbocycles. The molecule has 1 aromatic carbocycles. The van der Waals surface area contributed by atoms with E-state index in [4.69, 9.17) is 4.74 Å². The summed E-state index contributed by atoms with van der Waals surface area (Å²) >= 11 is 1.76. The van der Waals surface area contributed by atoms with Gasteiger partial charge in [-0.05, 0) is 35.9 Å². The van der Waals surface area contributed by atoms with E-state index in [1.165, 1.54) is 17.0 Å². The molecule has 5 nitrogen and oxygen atoms in total. The van der Waals surface area contributed by atoms with Crippen LogP contribution in [0.2, 0.25) is 0 Å². The standard InChI is InChI=1S/C19H26N4OS/c1-20-19(22-13-16-6-5-11-25-16)21-12-15-9-10-23(14-15)17-7-3-4-8-18(17)24-2/h3-8,11,15H,9-10,12-14H2,1-2H3,(H2,20,21,22). The number of rotatable bonds is 6. The molecule has 3 rings (SSSR count). The summed E-state index contributed by atoms with van der Waals surface area (Å²) in [6, 6.07) is 12.4. The number of para-hydroxylation sites is 2. The Balaban J connectivity index is 1.47. The normalized spacial score (nSPS) is 17.6. The molecule has 1 unspecified atom stereocenters. The lowest BCUT2D eigenvalue weighted by molar-refractivity contribution is 0.414. The third-order valence-corrected chi connectivity index (χ3v) is 5.38. The smallest absolute Gasteiger partial charge is 0.191 e. The molecule has 134 valence electrons. The van der Waals surface area contributed by atoms with Gasteiger partial charge in [0.1, 0.15) is 5.75 Å². The second kappa shape index (κ2) is 8.76. The van der Waals surface area contributed by atoms with E-state index < -0.39 is 0 Å². The largest absolute Gasteiger partial charge is 0.495 e. The van der Waals surface area contributed by atoms with E-state index in [1.807, 2.05) is 19.2 Å². The Hall–Kier alpha value is -2.21. The van der Waals surface area contributed by atoms with Crippen LogP contribution in [0.1, 0.15) is 11.3 Å². The summed E-state index contributed by atoms with van der Waals surface area (Å²) in [4.78, 5) is 8.04. The summed E-state index contributed by atoms with van der Waals surface area (Å²) in [6.07, 6.45) is 1.17. The van der Waals surface area contributed by atoms with Crippen molar-refractivity contribution < 1.29 is 4.74 Å². The monoisotopic (exact) mass is 358 g/mol. The van der Waals surface area contributed by atoms with Crippen molar-refractivity contribution in [3.05, 3.63) is 46.7 Å². The minimum atomic E-state index is 0.602. The quantitative estimate of drug-likeness (QED) is 0.616. The number of thiophene rings is 1. The van der Waals surface area contributed by atoms with Crippen molar-refractivity contribution in [2.24, 2.45) is 10.9 Å². The van der Waals surface area contributed by atoms with Crippen LogP contribution in [-0.4, -0.2) is 39.8 Å². The van der Waals surface area contributed by atoms with Crippen molar-refractivity contribution in [1.29, 1.82) is 0 Å². The number of hydrogen-bond acceptors (Lipinski definition) is 4. The Morgan fingerprint density at radius 2 is 2.16 bits per heavy atom. The predicted octanol–water partition coefficient (Wildman–Crippen LogP) is 2.95. The summed E-state index contributed by atoms with van der Waals surface area (Å²) in [5, 5.41) is 8.93. The fraction of sp³-hybridized carbons (Fsp3) is 0.421. The molecule has 1 fully saturated rings. The molecule has 6 heteroatoms. The van der Waals surface area contributed by atoms with Crippen molar-refractivity contribution in [2.45, 2.75) is 13.0 Å². The van der Waals surface area contributed by atoms with Crippen LogP contribution in [0.4, 0.5) is 5.69 Å². The number of anilines is 1. The van der Waals surface area contributed by atoms with E-state index in [-0.39, 0.29) is 0 Å². The second-order valence-electron chi connectivity index (χ2n) is 6.16. The average Bonchev–Trinajstić information content (AvgIpc) is 3.33. The number of methoxy groups -OCH3 is 1. The van der Waals surface area contributed by atoms with Crippen LogP contribution in [0.25, 0.3) is 0 Å². The number of hydrogen-bond donors (Lipinski definition) is 2. The van der Waals surface area contributed by atoms with E-state index >= 15 is 0 Å². The number of nitrogens with one attached hydrogen (secondary N) is 2. The lowest BCUT2D eigenvalue weighted by Gasteiger charge is -2.21. The number of guanidine groups is 1. The van der Waals surface area contributed by atoms with Gasteiger partial charge >= 0.3 is 0 Å². The number of aliphatic imine (C=N–C) groups is 1. The van der Waals surface area contributed by atoms with Gasteiger partial charge in [-0.15, -0.1) is 11.3 Å². The molecule has 1 atom stereocenters. The van der Waals surface area contributed by atoms with Crippen LogP contribution < -0.4 is 20.3 Å². The van der Waals surface area contributed by atoms with Gasteiger partial charge < -0.3 is 20.3 Å². The molecule has 0 radical (unpaired) electrons. The first kappa shape index (κ1) is 17.6. The van der Waals surface area contributed by atoms with Crippen LogP contribution in [-0.2, 0) is 6.54 Å². The van der Waals surface area contributed by atoms with Gasteiger partial charge in [0.15, 0.2) is 5.96 Å². The molecule has 0 spiro atoms. The van der Waals surface area contributed by atoms with Gasteiger partial charge in [-0.1, -0.05) is 18.2 Å². The van der Waals surface area contributed by atoms with Crippen LogP contribution in [0.3, 0.4) is 0 Å². The molecule has 2 N–H and O–H groups in total. The fourth-order valence-corrected chi connectivity index (χ4v) is 3.80. The molecule has 1 aromatic heterocycles. The predicted molar refractivity (Wildman–Crippen MR) is 106 cm³/mol. The van der Waals surface area contributed by atoms with Gasteiger partial charge in [0.2, 0.25) is 0 Å². The van der Waals surface area contributed by atoms with E-state index in [0.29, 0.717) is 5.92 Å². The van der Waals surface area contributed by atoms with E-state index in [1.54, 1.807) is 18.4 Å². The zero-order valence-electron chi connectivity index (χ0n) is 14.9. The Labute approximate surface area is 153 Å². The van der Waals surface area contributed by atoms with Gasteiger partial charge in [0.25, 0.3) is 0 Å². The van der Waals surface area contributed by atoms with E-state index in [2.05, 4.69) is 50.2 Å². The molecule has 0 amide bonds. The summed E-state index contributed by atoms with van der Waals surface area (Å²) < 4.78 is 5.49. The first-order valence-electron chi connectivity index (χ1n) is 8.65. The van der Waals surface area contributed by atoms with Crippen molar-refractivity contribution in [3.8, 4) is 5.75 Å². The summed E-state index contributed by atoms with van der Waals surface area (Å²) in [7, 11) is 3.55. The molecular formula is C19H26N4OS. The maximum Gasteiger partial charge on any atom is 0.191 e. The summed E-state index contributed by atoms with van der Waals surface area (Å²) in [5.74, 6) is 2.42. The molecular weight excluding hydrogens is 332 g/mol. The summed E-state index contributed by atoms with van der Waals surface area (Å²) in [6.45, 7) is 3.84. The Bertz CT molecular complexity index is 686. The molecule has 1 saturated heterocycles. The van der Waals surface area contributed by atoms with Gasteiger partial charge in [-0.25, -0.2) is 0 Å². The van der Waals surface area contributed by atoms with Gasteiger partial charge in [-0.3, -0.25) is 4.99 Å². The van der Waals surface area contributed by atoms with Crippen LogP contribution in [0.15, 0.2) is 46.8 Å². The Morgan fingerprint density at radius 1 is 1.28 bits per heavy atom. The third-order valence-electron chi connectivity index (χ3n) is 4.50. The Morgan fingerprint density at radius 3 is 2.92 bits per heavy atom. The maximum atomic E-state index is 5.49. The molecule has 1 aliphatic rings. The van der Waals surface area contributed by atoms with Crippen molar-refractivity contribution in [2.75, 3.05) is 38.7 Å². The topological polar surface area (TPSA) is 48.9 Å². The molecule has 1 aliphatic heterocycles. The highest BCUT2D eigenvalue weighted by Crippen LogP contribution is 2.31. The minimum absolute atomic E-state index is 0.602.